The zero-order valence-electron chi connectivity index (χ0n) is 5.65. The van der Waals surface area contributed by atoms with E-state index < -0.39 is 11.2 Å². The van der Waals surface area contributed by atoms with E-state index in [1.165, 1.54) is 6.33 Å². The Balaban J connectivity index is 2.82. The van der Waals surface area contributed by atoms with E-state index in [1.54, 1.807) is 11.6 Å². The lowest BCUT2D eigenvalue weighted by Gasteiger charge is -2.03. The van der Waals surface area contributed by atoms with Gasteiger partial charge in [-0.05, 0) is 6.92 Å². The minimum absolute atomic E-state index is 0.340. The summed E-state index contributed by atoms with van der Waals surface area (Å²) in [4.78, 5) is 0. The van der Waals surface area contributed by atoms with E-state index in [1.807, 2.05) is 0 Å². The van der Waals surface area contributed by atoms with Crippen LogP contribution in [0, 0.1) is 6.92 Å². The Labute approximate surface area is 62.4 Å². The Morgan fingerprint density at radius 3 is 3.00 bits per heavy atom. The van der Waals surface area contributed by atoms with Gasteiger partial charge in [0, 0.05) is 18.2 Å². The van der Waals surface area contributed by atoms with Crippen LogP contribution in [0.4, 0.5) is 0 Å². The molecule has 1 aromatic rings. The van der Waals surface area contributed by atoms with Crippen LogP contribution >= 0.6 is 0 Å². The monoisotopic (exact) mass is 158 g/mol. The summed E-state index contributed by atoms with van der Waals surface area (Å²) in [6.07, 6.45) is 1.52. The second-order valence-corrected chi connectivity index (χ2v) is 3.24. The van der Waals surface area contributed by atoms with E-state index in [-0.39, 0.29) is 0 Å². The summed E-state index contributed by atoms with van der Waals surface area (Å²) in [5.41, 5.74) is 0. The molecule has 0 saturated heterocycles. The molecule has 1 aromatic heterocycles. The van der Waals surface area contributed by atoms with Crippen LogP contribution < -0.4 is 0 Å². The maximum Gasteiger partial charge on any atom is 0.342 e. The van der Waals surface area contributed by atoms with Gasteiger partial charge < -0.3 is 4.55 Å². The maximum atomic E-state index is 11.0. The van der Waals surface area contributed by atoms with Gasteiger partial charge in [-0.1, -0.05) is 5.10 Å². The van der Waals surface area contributed by atoms with E-state index in [4.69, 9.17) is 0 Å². The molecule has 10 heavy (non-hydrogen) atoms. The van der Waals surface area contributed by atoms with E-state index in [0.29, 0.717) is 10.9 Å². The zero-order valence-corrected chi connectivity index (χ0v) is 6.47. The van der Waals surface area contributed by atoms with Gasteiger partial charge in [0.2, 0.25) is 0 Å². The first-order valence-corrected chi connectivity index (χ1v) is 4.09. The highest BCUT2D eigenvalue weighted by atomic mass is 32.2. The number of hydrogen-bond acceptors (Lipinski definition) is 3. The summed E-state index contributed by atoms with van der Waals surface area (Å²) in [7, 11) is 1.75. The molecule has 4 nitrogen and oxygen atoms in total. The molecule has 1 radical (unpaired) electrons. The second kappa shape index (κ2) is 3.03. The summed E-state index contributed by atoms with van der Waals surface area (Å²) in [6.45, 7) is 3.50. The summed E-state index contributed by atoms with van der Waals surface area (Å²) < 4.78 is 12.6. The van der Waals surface area contributed by atoms with Crippen LogP contribution in [-0.4, -0.2) is 25.1 Å². The smallest absolute Gasteiger partial charge is 0.342 e. The van der Waals surface area contributed by atoms with Crippen LogP contribution in [0.15, 0.2) is 11.5 Å². The van der Waals surface area contributed by atoms with Crippen LogP contribution in [-0.2, 0) is 18.2 Å². The highest BCUT2D eigenvalue weighted by molar-refractivity contribution is 7.91. The third kappa shape index (κ3) is 1.30. The average molecular weight is 158 g/mol. The van der Waals surface area contributed by atoms with Crippen LogP contribution in [0.25, 0.3) is 0 Å². The van der Waals surface area contributed by atoms with Crippen molar-refractivity contribution in [2.75, 3.05) is 5.75 Å². The largest absolute Gasteiger partial charge is 0.609 e. The fourth-order valence-electron chi connectivity index (χ4n) is 0.570. The van der Waals surface area contributed by atoms with Crippen molar-refractivity contribution in [1.29, 1.82) is 0 Å². The van der Waals surface area contributed by atoms with Crippen LogP contribution in [0.1, 0.15) is 0 Å². The van der Waals surface area contributed by atoms with Crippen molar-refractivity contribution in [3.05, 3.63) is 13.3 Å². The van der Waals surface area contributed by atoms with Crippen LogP contribution in [0.3, 0.4) is 0 Å². The molecule has 1 heterocycles. The molecular formula is C5H8N3OS. The molecule has 1 atom stereocenters. The van der Waals surface area contributed by atoms with Gasteiger partial charge in [0.1, 0.15) is 12.1 Å². The van der Waals surface area contributed by atoms with Crippen LogP contribution in [0.2, 0.25) is 0 Å². The Hall–Kier alpha value is -0.550. The van der Waals surface area contributed by atoms with Crippen molar-refractivity contribution in [3.63, 3.8) is 0 Å². The molecular weight excluding hydrogens is 150 g/mol. The van der Waals surface area contributed by atoms with Gasteiger partial charge in [0.15, 0.2) is 0 Å². The lowest BCUT2D eigenvalue weighted by molar-refractivity contribution is 0.580. The lowest BCUT2D eigenvalue weighted by Crippen LogP contribution is -2.10. The SMILES string of the molecule is [CH2]C[S+]([O-])c1nncn1C. The van der Waals surface area contributed by atoms with Gasteiger partial charge in [-0.3, -0.25) is 4.57 Å². The van der Waals surface area contributed by atoms with Crippen molar-refractivity contribution in [1.82, 2.24) is 14.8 Å². The average Bonchev–Trinajstić information content (AvgIpc) is 2.34. The third-order valence-electron chi connectivity index (χ3n) is 1.06. The summed E-state index contributed by atoms with van der Waals surface area (Å²) in [5.74, 6) is 0.340. The number of hydrogen-bond donors (Lipinski definition) is 0. The van der Waals surface area contributed by atoms with Gasteiger partial charge in [0.25, 0.3) is 0 Å². The van der Waals surface area contributed by atoms with Gasteiger partial charge in [-0.25, -0.2) is 0 Å². The van der Waals surface area contributed by atoms with Crippen molar-refractivity contribution in [3.8, 4) is 0 Å². The molecule has 1 unspecified atom stereocenters. The van der Waals surface area contributed by atoms with Crippen molar-refractivity contribution in [2.45, 2.75) is 5.16 Å². The third-order valence-corrected chi connectivity index (χ3v) is 2.21. The molecule has 0 aromatic carbocycles. The molecule has 1 rings (SSSR count). The number of aryl methyl sites for hydroxylation is 1. The fourth-order valence-corrected chi connectivity index (χ4v) is 1.26. The number of aromatic nitrogens is 3. The quantitative estimate of drug-likeness (QED) is 0.558. The van der Waals surface area contributed by atoms with Crippen molar-refractivity contribution in [2.24, 2.45) is 7.05 Å². The minimum atomic E-state index is -1.09. The first-order valence-electron chi connectivity index (χ1n) is 2.77. The molecule has 0 aliphatic heterocycles. The maximum absolute atomic E-state index is 11.0. The Bertz CT molecular complexity index is 212. The molecule has 0 spiro atoms. The molecule has 0 bridgehead atoms. The fraction of sp³-hybridized carbons (Fsp3) is 0.400. The highest BCUT2D eigenvalue weighted by Gasteiger charge is 2.13. The Morgan fingerprint density at radius 1 is 1.90 bits per heavy atom. The number of rotatable bonds is 2. The summed E-state index contributed by atoms with van der Waals surface area (Å²) in [6, 6.07) is 0. The first kappa shape index (κ1) is 7.56. The van der Waals surface area contributed by atoms with E-state index in [0.717, 1.165) is 0 Å². The van der Waals surface area contributed by atoms with E-state index in [2.05, 4.69) is 17.1 Å². The summed E-state index contributed by atoms with van der Waals surface area (Å²) >= 11 is -1.09. The van der Waals surface area contributed by atoms with Gasteiger partial charge >= 0.3 is 5.16 Å². The second-order valence-electron chi connectivity index (χ2n) is 1.77. The van der Waals surface area contributed by atoms with Crippen LogP contribution in [0.5, 0.6) is 0 Å². The molecule has 0 N–H and O–H groups in total. The molecule has 55 valence electrons. The van der Waals surface area contributed by atoms with Gasteiger partial charge in [-0.2, -0.15) is 0 Å². The standard InChI is InChI=1S/C5H8N3OS/c1-3-10(9)5-7-6-4-8(5)2/h4H,1,3H2,2H3. The predicted octanol–water partition coefficient (Wildman–Crippen LogP) is -0.243. The molecule has 0 aliphatic rings. The molecule has 0 fully saturated rings. The molecule has 0 aliphatic carbocycles. The van der Waals surface area contributed by atoms with Crippen molar-refractivity contribution < 1.29 is 4.55 Å². The Morgan fingerprint density at radius 2 is 2.60 bits per heavy atom. The molecule has 5 heteroatoms. The van der Waals surface area contributed by atoms with Crippen molar-refractivity contribution >= 4 is 11.2 Å². The molecule has 0 saturated carbocycles. The lowest BCUT2D eigenvalue weighted by atomic mass is 11.0. The zero-order chi connectivity index (χ0) is 7.56. The first-order chi connectivity index (χ1) is 4.75. The van der Waals surface area contributed by atoms with Gasteiger partial charge in [0.05, 0.1) is 0 Å². The minimum Gasteiger partial charge on any atom is -0.609 e. The highest BCUT2D eigenvalue weighted by Crippen LogP contribution is 2.03. The predicted molar refractivity (Wildman–Crippen MR) is 37.6 cm³/mol. The van der Waals surface area contributed by atoms with Gasteiger partial charge in [-0.15, -0.1) is 5.10 Å². The van der Waals surface area contributed by atoms with E-state index >= 15 is 0 Å². The topological polar surface area (TPSA) is 53.8 Å². The number of nitrogens with zero attached hydrogens (tertiary/aromatic N) is 3. The van der Waals surface area contributed by atoms with E-state index in [9.17, 15) is 4.55 Å². The molecule has 0 amide bonds. The Kier molecular flexibility index (Phi) is 2.29. The normalized spacial score (nSPS) is 13.5. The summed E-state index contributed by atoms with van der Waals surface area (Å²) in [5, 5.41) is 7.72.